The molecule has 0 amide bonds. The van der Waals surface area contributed by atoms with Gasteiger partial charge in [-0.15, -0.1) is 0 Å². The van der Waals surface area contributed by atoms with Crippen molar-refractivity contribution >= 4 is 0 Å². The van der Waals surface area contributed by atoms with E-state index in [2.05, 4.69) is 6.07 Å². The van der Waals surface area contributed by atoms with Crippen LogP contribution in [0.4, 0.5) is 4.39 Å². The first kappa shape index (κ1) is 9.17. The Kier molecular flexibility index (Phi) is 2.22. The third kappa shape index (κ3) is 1.28. The van der Waals surface area contributed by atoms with E-state index >= 15 is 0 Å². The Morgan fingerprint density at radius 3 is 2.79 bits per heavy atom. The molecule has 1 saturated heterocycles. The lowest BCUT2D eigenvalue weighted by Crippen LogP contribution is -2.25. The minimum Gasteiger partial charge on any atom is -0.379 e. The zero-order chi connectivity index (χ0) is 10.0. The zero-order valence-corrected chi connectivity index (χ0v) is 7.66. The zero-order valence-electron chi connectivity index (χ0n) is 7.66. The van der Waals surface area contributed by atoms with E-state index in [1.807, 2.05) is 0 Å². The monoisotopic (exact) mass is 191 g/mol. The van der Waals surface area contributed by atoms with E-state index in [4.69, 9.17) is 10.00 Å². The molecule has 0 aromatic heterocycles. The Labute approximate surface area is 81.9 Å². The van der Waals surface area contributed by atoms with Crippen molar-refractivity contribution in [2.24, 2.45) is 0 Å². The van der Waals surface area contributed by atoms with E-state index in [9.17, 15) is 4.39 Å². The van der Waals surface area contributed by atoms with Crippen LogP contribution in [0.5, 0.6) is 0 Å². The average Bonchev–Trinajstić information content (AvgIpc) is 2.68. The smallest absolute Gasteiger partial charge is 0.128 e. The molecule has 2 nitrogen and oxygen atoms in total. The van der Waals surface area contributed by atoms with Gasteiger partial charge in [-0.2, -0.15) is 5.26 Å². The van der Waals surface area contributed by atoms with E-state index in [0.29, 0.717) is 25.2 Å². The van der Waals surface area contributed by atoms with Gasteiger partial charge in [0.05, 0.1) is 12.7 Å². The highest BCUT2D eigenvalue weighted by atomic mass is 19.1. The van der Waals surface area contributed by atoms with Crippen molar-refractivity contribution < 1.29 is 9.13 Å². The summed E-state index contributed by atoms with van der Waals surface area (Å²) in [6.45, 7) is 0.826. The molecule has 0 radical (unpaired) electrons. The number of benzene rings is 1. The van der Waals surface area contributed by atoms with E-state index in [1.165, 1.54) is 6.07 Å². The molecule has 1 aromatic rings. The molecule has 1 aliphatic rings. The van der Waals surface area contributed by atoms with Crippen LogP contribution in [-0.4, -0.2) is 13.2 Å². The highest BCUT2D eigenvalue weighted by Crippen LogP contribution is 2.33. The molecule has 1 atom stereocenters. The first-order valence-electron chi connectivity index (χ1n) is 4.52. The summed E-state index contributed by atoms with van der Waals surface area (Å²) in [6, 6.07) is 8.58. The van der Waals surface area contributed by atoms with Gasteiger partial charge in [0.1, 0.15) is 11.2 Å². The predicted octanol–water partition coefficient (Wildman–Crippen LogP) is 2.01. The first-order chi connectivity index (χ1) is 6.78. The van der Waals surface area contributed by atoms with Gasteiger partial charge in [-0.25, -0.2) is 4.39 Å². The van der Waals surface area contributed by atoms with Gasteiger partial charge in [-0.1, -0.05) is 18.2 Å². The molecule has 2 rings (SSSR count). The van der Waals surface area contributed by atoms with Gasteiger partial charge in [-0.05, 0) is 12.5 Å². The molecule has 0 bridgehead atoms. The SMILES string of the molecule is N#CC1(c2ccccc2F)CCOC1. The normalized spacial score (nSPS) is 26.0. The summed E-state index contributed by atoms with van der Waals surface area (Å²) in [5.41, 5.74) is -0.314. The number of hydrogen-bond donors (Lipinski definition) is 0. The van der Waals surface area contributed by atoms with Crippen molar-refractivity contribution in [3.8, 4) is 6.07 Å². The summed E-state index contributed by atoms with van der Waals surface area (Å²) in [5, 5.41) is 9.10. The Bertz CT molecular complexity index is 377. The van der Waals surface area contributed by atoms with Crippen LogP contribution in [0.25, 0.3) is 0 Å². The van der Waals surface area contributed by atoms with Gasteiger partial charge in [0.25, 0.3) is 0 Å². The standard InChI is InChI=1S/C11H10FNO/c12-10-4-2-1-3-9(10)11(7-13)5-6-14-8-11/h1-4H,5-6,8H2. The number of halogens is 1. The largest absolute Gasteiger partial charge is 0.379 e. The maximum Gasteiger partial charge on any atom is 0.128 e. The fourth-order valence-electron chi connectivity index (χ4n) is 1.78. The fourth-order valence-corrected chi connectivity index (χ4v) is 1.78. The summed E-state index contributed by atoms with van der Waals surface area (Å²) in [4.78, 5) is 0. The highest BCUT2D eigenvalue weighted by Gasteiger charge is 2.38. The van der Waals surface area contributed by atoms with Crippen molar-refractivity contribution in [3.05, 3.63) is 35.6 Å². The van der Waals surface area contributed by atoms with Crippen LogP contribution in [-0.2, 0) is 10.2 Å². The Hall–Kier alpha value is -1.40. The summed E-state index contributed by atoms with van der Waals surface area (Å²) in [7, 11) is 0. The molecule has 1 heterocycles. The molecule has 0 aliphatic carbocycles. The molecule has 1 unspecified atom stereocenters. The minimum atomic E-state index is -0.772. The molecule has 0 spiro atoms. The number of hydrogen-bond acceptors (Lipinski definition) is 2. The van der Waals surface area contributed by atoms with Gasteiger partial charge in [0.15, 0.2) is 0 Å². The number of nitrogens with zero attached hydrogens (tertiary/aromatic N) is 1. The fraction of sp³-hybridized carbons (Fsp3) is 0.364. The molecule has 1 aromatic carbocycles. The third-order valence-electron chi connectivity index (χ3n) is 2.63. The summed E-state index contributed by atoms with van der Waals surface area (Å²) < 4.78 is 18.6. The topological polar surface area (TPSA) is 33.0 Å². The first-order valence-corrected chi connectivity index (χ1v) is 4.52. The number of rotatable bonds is 1. The second-order valence-electron chi connectivity index (χ2n) is 3.48. The highest BCUT2D eigenvalue weighted by molar-refractivity contribution is 5.34. The van der Waals surface area contributed by atoms with Gasteiger partial charge >= 0.3 is 0 Å². The minimum absolute atomic E-state index is 0.296. The average molecular weight is 191 g/mol. The molecular weight excluding hydrogens is 181 g/mol. The van der Waals surface area contributed by atoms with E-state index in [0.717, 1.165) is 0 Å². The lowest BCUT2D eigenvalue weighted by atomic mass is 9.81. The lowest BCUT2D eigenvalue weighted by molar-refractivity contribution is 0.186. The molecule has 3 heteroatoms. The molecule has 0 saturated carbocycles. The second kappa shape index (κ2) is 3.39. The van der Waals surface area contributed by atoms with Crippen LogP contribution in [0.1, 0.15) is 12.0 Å². The third-order valence-corrected chi connectivity index (χ3v) is 2.63. The summed E-state index contributed by atoms with van der Waals surface area (Å²) >= 11 is 0. The van der Waals surface area contributed by atoms with E-state index < -0.39 is 5.41 Å². The Balaban J connectivity index is 2.47. The van der Waals surface area contributed by atoms with Gasteiger partial charge in [0, 0.05) is 12.2 Å². The van der Waals surface area contributed by atoms with Crippen molar-refractivity contribution in [3.63, 3.8) is 0 Å². The lowest BCUT2D eigenvalue weighted by Gasteiger charge is -2.19. The van der Waals surface area contributed by atoms with Crippen LogP contribution < -0.4 is 0 Å². The second-order valence-corrected chi connectivity index (χ2v) is 3.48. The van der Waals surface area contributed by atoms with Crippen LogP contribution in [0.3, 0.4) is 0 Å². The van der Waals surface area contributed by atoms with Crippen LogP contribution in [0, 0.1) is 17.1 Å². The van der Waals surface area contributed by atoms with Crippen molar-refractivity contribution in [1.29, 1.82) is 5.26 Å². The van der Waals surface area contributed by atoms with Crippen LogP contribution in [0.2, 0.25) is 0 Å². The van der Waals surface area contributed by atoms with Gasteiger partial charge < -0.3 is 4.74 Å². The van der Waals surface area contributed by atoms with E-state index in [1.54, 1.807) is 18.2 Å². The molecule has 14 heavy (non-hydrogen) atoms. The molecular formula is C11H10FNO. The maximum absolute atomic E-state index is 13.5. The van der Waals surface area contributed by atoms with Crippen LogP contribution in [0.15, 0.2) is 24.3 Å². The Morgan fingerprint density at radius 1 is 1.43 bits per heavy atom. The van der Waals surface area contributed by atoms with Crippen molar-refractivity contribution in [2.45, 2.75) is 11.8 Å². The summed E-state index contributed by atoms with van der Waals surface area (Å²) in [5.74, 6) is -0.320. The molecule has 0 N–H and O–H groups in total. The molecule has 1 fully saturated rings. The predicted molar refractivity (Wildman–Crippen MR) is 49.1 cm³/mol. The van der Waals surface area contributed by atoms with Gasteiger partial charge in [0.2, 0.25) is 0 Å². The van der Waals surface area contributed by atoms with E-state index in [-0.39, 0.29) is 5.82 Å². The molecule has 72 valence electrons. The van der Waals surface area contributed by atoms with Crippen LogP contribution >= 0.6 is 0 Å². The summed E-state index contributed by atoms with van der Waals surface area (Å²) in [6.07, 6.45) is 0.574. The maximum atomic E-state index is 13.5. The Morgan fingerprint density at radius 2 is 2.21 bits per heavy atom. The quantitative estimate of drug-likeness (QED) is 0.680. The van der Waals surface area contributed by atoms with Gasteiger partial charge in [-0.3, -0.25) is 0 Å². The number of nitriles is 1. The van der Waals surface area contributed by atoms with Crippen molar-refractivity contribution in [1.82, 2.24) is 0 Å². The van der Waals surface area contributed by atoms with Crippen molar-refractivity contribution in [2.75, 3.05) is 13.2 Å². The number of ether oxygens (including phenoxy) is 1. The molecule has 1 aliphatic heterocycles.